The minimum Gasteiger partial charge on any atom is -0.391 e. The fourth-order valence-corrected chi connectivity index (χ4v) is 2.67. The number of nitrogens with zero attached hydrogens (tertiary/aromatic N) is 2. The number of sulfonamides is 1. The first-order valence-corrected chi connectivity index (χ1v) is 9.51. The molecule has 1 atom stereocenters. The Morgan fingerprint density at radius 1 is 1.23 bits per heavy atom. The average molecular weight is 335 g/mol. The van der Waals surface area contributed by atoms with Gasteiger partial charge in [-0.15, -0.1) is 0 Å². The van der Waals surface area contributed by atoms with Crippen molar-refractivity contribution in [2.45, 2.75) is 33.3 Å². The fraction of sp³-hybridized carbons (Fsp3) is 0.929. The van der Waals surface area contributed by atoms with Crippen LogP contribution < -0.4 is 4.72 Å². The summed E-state index contributed by atoms with van der Waals surface area (Å²) in [5, 5.41) is 10.1. The molecule has 1 rings (SSSR count). The molecule has 0 radical (unpaired) electrons. The number of hydrogen-bond donors (Lipinski definition) is 2. The quantitative estimate of drug-likeness (QED) is 0.681. The van der Waals surface area contributed by atoms with Crippen LogP contribution in [0.2, 0.25) is 0 Å². The molecule has 1 aliphatic rings. The van der Waals surface area contributed by atoms with Crippen molar-refractivity contribution in [3.63, 3.8) is 0 Å². The largest absolute Gasteiger partial charge is 0.391 e. The summed E-state index contributed by atoms with van der Waals surface area (Å²) in [5.74, 6) is -0.0350. The van der Waals surface area contributed by atoms with Crippen LogP contribution in [-0.2, 0) is 14.8 Å². The van der Waals surface area contributed by atoms with Crippen LogP contribution in [-0.4, -0.2) is 80.9 Å². The Hall–Kier alpha value is -0.700. The van der Waals surface area contributed by atoms with Gasteiger partial charge >= 0.3 is 0 Å². The molecule has 1 unspecified atom stereocenters. The zero-order valence-corrected chi connectivity index (χ0v) is 14.8. The maximum absolute atomic E-state index is 12.0. The van der Waals surface area contributed by atoms with Crippen LogP contribution in [0.25, 0.3) is 0 Å². The van der Waals surface area contributed by atoms with Crippen molar-refractivity contribution in [1.29, 1.82) is 0 Å². The van der Waals surface area contributed by atoms with E-state index < -0.39 is 16.1 Å². The zero-order valence-electron chi connectivity index (χ0n) is 14.0. The molecular formula is C14H29N3O4S. The minimum absolute atomic E-state index is 0.0350. The van der Waals surface area contributed by atoms with Gasteiger partial charge in [0.2, 0.25) is 15.9 Å². The van der Waals surface area contributed by atoms with E-state index in [4.69, 9.17) is 0 Å². The van der Waals surface area contributed by atoms with Gasteiger partial charge < -0.3 is 10.0 Å². The number of aliphatic hydroxyl groups is 1. The van der Waals surface area contributed by atoms with E-state index >= 15 is 0 Å². The third-order valence-electron chi connectivity index (χ3n) is 3.86. The Labute approximate surface area is 133 Å². The summed E-state index contributed by atoms with van der Waals surface area (Å²) in [6.07, 6.45) is 0.864. The zero-order chi connectivity index (χ0) is 17.0. The van der Waals surface area contributed by atoms with E-state index in [0.29, 0.717) is 19.6 Å². The van der Waals surface area contributed by atoms with Gasteiger partial charge in [0.25, 0.3) is 0 Å². The second kappa shape index (κ2) is 7.72. The average Bonchev–Trinajstić information content (AvgIpc) is 2.36. The molecular weight excluding hydrogens is 306 g/mol. The summed E-state index contributed by atoms with van der Waals surface area (Å²) in [4.78, 5) is 15.9. The predicted octanol–water partition coefficient (Wildman–Crippen LogP) is -0.523. The van der Waals surface area contributed by atoms with Gasteiger partial charge in [-0.05, 0) is 5.41 Å². The van der Waals surface area contributed by atoms with Crippen LogP contribution in [0.15, 0.2) is 0 Å². The van der Waals surface area contributed by atoms with Crippen LogP contribution in [0.4, 0.5) is 0 Å². The van der Waals surface area contributed by atoms with E-state index in [2.05, 4.69) is 9.62 Å². The molecule has 0 aromatic heterocycles. The maximum atomic E-state index is 12.0. The van der Waals surface area contributed by atoms with Crippen molar-refractivity contribution in [3.8, 4) is 0 Å². The van der Waals surface area contributed by atoms with E-state index in [1.54, 1.807) is 4.90 Å². The number of β-amino-alcohol motifs (C(OH)–C–C–N with tert-alkyl or cyclic N) is 1. The number of carbonyl (C=O) groups is 1. The lowest BCUT2D eigenvalue weighted by Gasteiger charge is -2.38. The smallest absolute Gasteiger partial charge is 0.223 e. The molecule has 1 aliphatic heterocycles. The molecule has 0 saturated carbocycles. The first kappa shape index (κ1) is 19.3. The van der Waals surface area contributed by atoms with Gasteiger partial charge in [-0.25, -0.2) is 13.1 Å². The second-order valence-electron chi connectivity index (χ2n) is 6.98. The summed E-state index contributed by atoms with van der Waals surface area (Å²) in [6, 6.07) is 0. The Balaban J connectivity index is 2.31. The molecule has 0 spiro atoms. The third kappa shape index (κ3) is 7.04. The van der Waals surface area contributed by atoms with Crippen molar-refractivity contribution in [2.75, 3.05) is 45.5 Å². The standard InChI is InChI=1S/C14H29N3O4S/c1-14(2,3)12(18)11-16-7-9-17(10-8-16)13(19)5-6-15-22(4,20)21/h12,15,18H,5-11H2,1-4H3. The first-order valence-electron chi connectivity index (χ1n) is 7.62. The van der Waals surface area contributed by atoms with Crippen LogP contribution >= 0.6 is 0 Å². The number of aliphatic hydroxyl groups excluding tert-OH is 1. The van der Waals surface area contributed by atoms with Crippen molar-refractivity contribution >= 4 is 15.9 Å². The Morgan fingerprint density at radius 3 is 2.23 bits per heavy atom. The molecule has 0 aromatic rings. The lowest BCUT2D eigenvalue weighted by molar-refractivity contribution is -0.133. The van der Waals surface area contributed by atoms with E-state index in [9.17, 15) is 18.3 Å². The number of amides is 1. The van der Waals surface area contributed by atoms with E-state index in [1.165, 1.54) is 0 Å². The Morgan fingerprint density at radius 2 is 1.77 bits per heavy atom. The van der Waals surface area contributed by atoms with Crippen molar-refractivity contribution < 1.29 is 18.3 Å². The molecule has 8 heteroatoms. The molecule has 0 aliphatic carbocycles. The highest BCUT2D eigenvalue weighted by Crippen LogP contribution is 2.20. The summed E-state index contributed by atoms with van der Waals surface area (Å²) in [7, 11) is -3.24. The maximum Gasteiger partial charge on any atom is 0.223 e. The van der Waals surface area contributed by atoms with Crippen molar-refractivity contribution in [2.24, 2.45) is 5.41 Å². The van der Waals surface area contributed by atoms with Crippen LogP contribution in [0, 0.1) is 5.41 Å². The van der Waals surface area contributed by atoms with E-state index in [-0.39, 0.29) is 24.3 Å². The molecule has 7 nitrogen and oxygen atoms in total. The molecule has 0 aromatic carbocycles. The van der Waals surface area contributed by atoms with Gasteiger partial charge in [-0.3, -0.25) is 9.69 Å². The molecule has 0 bridgehead atoms. The lowest BCUT2D eigenvalue weighted by atomic mass is 9.89. The van der Waals surface area contributed by atoms with E-state index in [1.807, 2.05) is 20.8 Å². The van der Waals surface area contributed by atoms with Crippen molar-refractivity contribution in [1.82, 2.24) is 14.5 Å². The number of rotatable bonds is 6. The SMILES string of the molecule is CC(C)(C)C(O)CN1CCN(C(=O)CCNS(C)(=O)=O)CC1. The Bertz CT molecular complexity index is 465. The number of carbonyl (C=O) groups excluding carboxylic acids is 1. The van der Waals surface area contributed by atoms with Gasteiger partial charge in [-0.2, -0.15) is 0 Å². The Kier molecular flexibility index (Phi) is 6.79. The van der Waals surface area contributed by atoms with Crippen LogP contribution in [0.3, 0.4) is 0 Å². The summed E-state index contributed by atoms with van der Waals surface area (Å²) in [5.41, 5.74) is -0.149. The number of nitrogens with one attached hydrogen (secondary N) is 1. The summed E-state index contributed by atoms with van der Waals surface area (Å²) in [6.45, 7) is 9.48. The monoisotopic (exact) mass is 335 g/mol. The highest BCUT2D eigenvalue weighted by molar-refractivity contribution is 7.88. The van der Waals surface area contributed by atoms with Gasteiger partial charge in [0.1, 0.15) is 0 Å². The molecule has 1 fully saturated rings. The minimum atomic E-state index is -3.24. The lowest BCUT2D eigenvalue weighted by Crippen LogP contribution is -2.52. The predicted molar refractivity (Wildman–Crippen MR) is 85.9 cm³/mol. The molecule has 1 amide bonds. The number of hydrogen-bond acceptors (Lipinski definition) is 5. The summed E-state index contributed by atoms with van der Waals surface area (Å²) < 4.78 is 24.2. The molecule has 22 heavy (non-hydrogen) atoms. The highest BCUT2D eigenvalue weighted by atomic mass is 32.2. The fourth-order valence-electron chi connectivity index (χ4n) is 2.20. The number of piperazine rings is 1. The second-order valence-corrected chi connectivity index (χ2v) is 8.81. The van der Waals surface area contributed by atoms with Crippen LogP contribution in [0.1, 0.15) is 27.2 Å². The van der Waals surface area contributed by atoms with Gasteiger partial charge in [-0.1, -0.05) is 20.8 Å². The molecule has 1 saturated heterocycles. The van der Waals surface area contributed by atoms with Gasteiger partial charge in [0, 0.05) is 45.7 Å². The van der Waals surface area contributed by atoms with Crippen LogP contribution in [0.5, 0.6) is 0 Å². The third-order valence-corrected chi connectivity index (χ3v) is 4.59. The van der Waals surface area contributed by atoms with E-state index in [0.717, 1.165) is 19.3 Å². The normalized spacial score (nSPS) is 19.2. The highest BCUT2D eigenvalue weighted by Gasteiger charge is 2.27. The van der Waals surface area contributed by atoms with Gasteiger partial charge in [0.15, 0.2) is 0 Å². The first-order chi connectivity index (χ1) is 9.99. The summed E-state index contributed by atoms with van der Waals surface area (Å²) >= 11 is 0. The molecule has 2 N–H and O–H groups in total. The van der Waals surface area contributed by atoms with Crippen molar-refractivity contribution in [3.05, 3.63) is 0 Å². The topological polar surface area (TPSA) is 89.9 Å². The molecule has 1 heterocycles. The van der Waals surface area contributed by atoms with Gasteiger partial charge in [0.05, 0.1) is 12.4 Å². The molecule has 130 valence electrons.